The molecule has 1 amide bonds. The highest BCUT2D eigenvalue weighted by molar-refractivity contribution is 7.85. The van der Waals surface area contributed by atoms with Crippen molar-refractivity contribution in [2.45, 2.75) is 29.8 Å². The Labute approximate surface area is 153 Å². The Bertz CT molecular complexity index is 1030. The van der Waals surface area contributed by atoms with E-state index in [0.717, 1.165) is 25.1 Å². The number of carbonyl (C=O) groups is 1. The van der Waals surface area contributed by atoms with Gasteiger partial charge in [0.05, 0.1) is 10.6 Å². The number of nitrogens with one attached hydrogen (secondary N) is 1. The van der Waals surface area contributed by atoms with Gasteiger partial charge >= 0.3 is 12.4 Å². The van der Waals surface area contributed by atoms with E-state index in [9.17, 15) is 44.7 Å². The van der Waals surface area contributed by atoms with Gasteiger partial charge < -0.3 is 10.4 Å². The van der Waals surface area contributed by atoms with Crippen LogP contribution in [0.3, 0.4) is 0 Å². The molecule has 0 saturated carbocycles. The van der Waals surface area contributed by atoms with Crippen molar-refractivity contribution in [3.8, 4) is 0 Å². The second-order valence-electron chi connectivity index (χ2n) is 5.73. The van der Waals surface area contributed by atoms with Gasteiger partial charge in [-0.3, -0.25) is 9.35 Å². The zero-order valence-electron chi connectivity index (χ0n) is 13.7. The second-order valence-corrected chi connectivity index (χ2v) is 7.15. The number of rotatable bonds is 3. The first kappa shape index (κ1) is 21.9. The monoisotopic (exact) mass is 431 g/mol. The van der Waals surface area contributed by atoms with E-state index in [1.165, 1.54) is 0 Å². The van der Waals surface area contributed by atoms with E-state index in [2.05, 4.69) is 0 Å². The van der Waals surface area contributed by atoms with Crippen molar-refractivity contribution in [3.63, 3.8) is 0 Å². The summed E-state index contributed by atoms with van der Waals surface area (Å²) in [6, 6.07) is 3.52. The zero-order valence-corrected chi connectivity index (χ0v) is 14.5. The lowest BCUT2D eigenvalue weighted by atomic mass is 9.88. The van der Waals surface area contributed by atoms with Gasteiger partial charge in [-0.05, 0) is 17.5 Å². The average Bonchev–Trinajstić information content (AvgIpc) is 2.50. The predicted molar refractivity (Wildman–Crippen MR) is 84.1 cm³/mol. The molecule has 13 heteroatoms. The van der Waals surface area contributed by atoms with Crippen molar-refractivity contribution in [2.24, 2.45) is 0 Å². The lowest BCUT2D eigenvalue weighted by molar-refractivity contribution is -0.375. The molecule has 0 atom stereocenters. The second kappa shape index (κ2) is 6.60. The van der Waals surface area contributed by atoms with Crippen LogP contribution in [0.2, 0.25) is 0 Å². The summed E-state index contributed by atoms with van der Waals surface area (Å²) >= 11 is 0. The number of fused-ring (bicyclic) bond motifs is 1. The van der Waals surface area contributed by atoms with Gasteiger partial charge in [-0.15, -0.1) is 0 Å². The molecule has 2 aromatic rings. The number of amides is 1. The molecule has 3 N–H and O–H groups in total. The third-order valence-electron chi connectivity index (χ3n) is 3.80. The summed E-state index contributed by atoms with van der Waals surface area (Å²) in [6.45, 7) is 0.787. The lowest BCUT2D eigenvalue weighted by Gasteiger charge is -2.34. The molecule has 6 nitrogen and oxygen atoms in total. The van der Waals surface area contributed by atoms with Crippen LogP contribution >= 0.6 is 0 Å². The first-order valence-electron chi connectivity index (χ1n) is 7.18. The van der Waals surface area contributed by atoms with Crippen LogP contribution in [0.25, 0.3) is 10.8 Å². The molecule has 28 heavy (non-hydrogen) atoms. The molecule has 0 saturated heterocycles. The molecule has 0 bridgehead atoms. The third kappa shape index (κ3) is 3.64. The fourth-order valence-electron chi connectivity index (χ4n) is 2.54. The normalized spacial score (nSPS) is 13.6. The summed E-state index contributed by atoms with van der Waals surface area (Å²) in [6.07, 6.45) is -12.5. The molecular formula is C15H11F6NO5S. The molecule has 0 fully saturated rings. The molecule has 0 aliphatic carbocycles. The van der Waals surface area contributed by atoms with E-state index >= 15 is 0 Å². The fraction of sp³-hybridized carbons (Fsp3) is 0.267. The molecule has 0 aliphatic heterocycles. The number of hydrogen-bond acceptors (Lipinski definition) is 4. The van der Waals surface area contributed by atoms with Crippen molar-refractivity contribution in [2.75, 3.05) is 5.32 Å². The van der Waals surface area contributed by atoms with Crippen LogP contribution in [0.5, 0.6) is 0 Å². The highest BCUT2D eigenvalue weighted by Gasteiger charge is 2.72. The van der Waals surface area contributed by atoms with Crippen LogP contribution in [0.1, 0.15) is 12.5 Å². The Hall–Kier alpha value is -2.38. The molecule has 0 radical (unpaired) electrons. The summed E-state index contributed by atoms with van der Waals surface area (Å²) in [5.41, 5.74) is -8.23. The minimum atomic E-state index is -6.23. The van der Waals surface area contributed by atoms with Crippen molar-refractivity contribution in [1.82, 2.24) is 0 Å². The summed E-state index contributed by atoms with van der Waals surface area (Å²) in [5, 5.41) is 10.8. The number of hydrogen-bond donors (Lipinski definition) is 3. The number of alkyl halides is 6. The van der Waals surface area contributed by atoms with Gasteiger partial charge in [0.1, 0.15) is 0 Å². The minimum absolute atomic E-state index is 0.0633. The van der Waals surface area contributed by atoms with Gasteiger partial charge in [0.2, 0.25) is 5.91 Å². The van der Waals surface area contributed by atoms with Crippen LogP contribution in [-0.2, 0) is 20.5 Å². The first-order valence-corrected chi connectivity index (χ1v) is 8.62. The SMILES string of the molecule is CC(=O)Nc1c(C(O)(C(F)(F)F)C(F)(F)F)ccc2ccc(S(=O)(=O)O)cc12. The van der Waals surface area contributed by atoms with Gasteiger partial charge in [-0.25, -0.2) is 0 Å². The van der Waals surface area contributed by atoms with Crippen molar-refractivity contribution >= 4 is 32.5 Å². The predicted octanol–water partition coefficient (Wildman–Crippen LogP) is 3.36. The Morgan fingerprint density at radius 2 is 1.50 bits per heavy atom. The molecule has 2 aromatic carbocycles. The van der Waals surface area contributed by atoms with Crippen molar-refractivity contribution in [1.29, 1.82) is 0 Å². The quantitative estimate of drug-likeness (QED) is 0.511. The maximum Gasteiger partial charge on any atom is 0.430 e. The zero-order chi connectivity index (χ0) is 21.7. The van der Waals surface area contributed by atoms with Gasteiger partial charge in [0.15, 0.2) is 0 Å². The number of anilines is 1. The Kier molecular flexibility index (Phi) is 5.17. The van der Waals surface area contributed by atoms with E-state index in [4.69, 9.17) is 4.55 Å². The van der Waals surface area contributed by atoms with Crippen LogP contribution in [-0.4, -0.2) is 36.3 Å². The van der Waals surface area contributed by atoms with Gasteiger partial charge in [-0.1, -0.05) is 18.2 Å². The summed E-state index contributed by atoms with van der Waals surface area (Å²) < 4.78 is 111. The topological polar surface area (TPSA) is 104 Å². The molecule has 0 unspecified atom stereocenters. The number of aliphatic hydroxyl groups is 1. The van der Waals surface area contributed by atoms with Crippen LogP contribution in [0.4, 0.5) is 32.0 Å². The van der Waals surface area contributed by atoms with Crippen LogP contribution in [0.15, 0.2) is 35.2 Å². The third-order valence-corrected chi connectivity index (χ3v) is 4.65. The molecule has 154 valence electrons. The smallest absolute Gasteiger partial charge is 0.369 e. The largest absolute Gasteiger partial charge is 0.430 e. The number of carbonyl (C=O) groups excluding carboxylic acids is 1. The highest BCUT2D eigenvalue weighted by Crippen LogP contribution is 2.53. The molecule has 0 aliphatic rings. The number of halogens is 6. The lowest BCUT2D eigenvalue weighted by Crippen LogP contribution is -2.54. The molecule has 0 spiro atoms. The van der Waals surface area contributed by atoms with E-state index in [-0.39, 0.29) is 5.39 Å². The minimum Gasteiger partial charge on any atom is -0.369 e. The molecule has 2 rings (SSSR count). The van der Waals surface area contributed by atoms with Gasteiger partial charge in [-0.2, -0.15) is 34.8 Å². The van der Waals surface area contributed by atoms with Crippen LogP contribution < -0.4 is 5.32 Å². The average molecular weight is 431 g/mol. The summed E-state index contributed by atoms with van der Waals surface area (Å²) in [4.78, 5) is 10.6. The maximum atomic E-state index is 13.3. The van der Waals surface area contributed by atoms with Gasteiger partial charge in [0, 0.05) is 17.9 Å². The fourth-order valence-corrected chi connectivity index (χ4v) is 3.04. The molecule has 0 heterocycles. The van der Waals surface area contributed by atoms with E-state index in [0.29, 0.717) is 12.1 Å². The van der Waals surface area contributed by atoms with Crippen molar-refractivity contribution < 1.29 is 49.2 Å². The summed E-state index contributed by atoms with van der Waals surface area (Å²) in [5.74, 6) is -1.09. The standard InChI is InChI=1S/C15H11F6NO5S/c1-7(23)22-12-10-6-9(28(25,26)27)4-2-8(10)3-5-11(12)13(24,14(16,17)18)15(19,20)21/h2-6,24H,1H3,(H,22,23)(H,25,26,27). The highest BCUT2D eigenvalue weighted by atomic mass is 32.2. The Morgan fingerprint density at radius 1 is 1.00 bits per heavy atom. The van der Waals surface area contributed by atoms with E-state index < -0.39 is 55.5 Å². The molecule has 0 aromatic heterocycles. The summed E-state index contributed by atoms with van der Waals surface area (Å²) in [7, 11) is -4.86. The van der Waals surface area contributed by atoms with Crippen LogP contribution in [0, 0.1) is 0 Å². The molecular weight excluding hydrogens is 420 g/mol. The van der Waals surface area contributed by atoms with Crippen molar-refractivity contribution in [3.05, 3.63) is 35.9 Å². The van der Waals surface area contributed by atoms with E-state index in [1.54, 1.807) is 5.32 Å². The Balaban J connectivity index is 3.02. The number of benzene rings is 2. The Morgan fingerprint density at radius 3 is 1.93 bits per heavy atom. The van der Waals surface area contributed by atoms with E-state index in [1.807, 2.05) is 0 Å². The van der Waals surface area contributed by atoms with Gasteiger partial charge in [0.25, 0.3) is 15.7 Å². The first-order chi connectivity index (χ1) is 12.5. The maximum absolute atomic E-state index is 13.3.